The maximum Gasteiger partial charge on any atom is 0.127 e. The van der Waals surface area contributed by atoms with Crippen molar-refractivity contribution < 1.29 is 19.0 Å². The van der Waals surface area contributed by atoms with Crippen molar-refractivity contribution >= 4 is 11.6 Å². The van der Waals surface area contributed by atoms with Crippen LogP contribution in [0.4, 0.5) is 4.39 Å². The number of aliphatic hydroxyl groups excluding tert-OH is 1. The summed E-state index contributed by atoms with van der Waals surface area (Å²) in [6, 6.07) is 9.49. The van der Waals surface area contributed by atoms with Gasteiger partial charge >= 0.3 is 0 Å². The summed E-state index contributed by atoms with van der Waals surface area (Å²) in [5, 5.41) is 10.6. The molecule has 1 unspecified atom stereocenters. The van der Waals surface area contributed by atoms with Crippen molar-refractivity contribution in [2.75, 3.05) is 14.2 Å². The lowest BCUT2D eigenvalue weighted by Crippen LogP contribution is -2.04. The molecule has 0 radical (unpaired) electrons. The fraction of sp³-hybridized carbons (Fsp3) is 0.250. The monoisotopic (exact) mass is 310 g/mol. The summed E-state index contributed by atoms with van der Waals surface area (Å²) in [6.07, 6.45) is -0.732. The summed E-state index contributed by atoms with van der Waals surface area (Å²) in [6.45, 7) is 0. The van der Waals surface area contributed by atoms with Gasteiger partial charge in [0.05, 0.1) is 20.3 Å². The molecular formula is C16H16ClFO3. The van der Waals surface area contributed by atoms with Gasteiger partial charge in [0.2, 0.25) is 0 Å². The minimum Gasteiger partial charge on any atom is -0.497 e. The molecule has 0 fully saturated rings. The number of halogens is 2. The van der Waals surface area contributed by atoms with Crippen LogP contribution < -0.4 is 9.47 Å². The summed E-state index contributed by atoms with van der Waals surface area (Å²) in [5.41, 5.74) is 0.995. The van der Waals surface area contributed by atoms with Crippen molar-refractivity contribution in [1.29, 1.82) is 0 Å². The number of aliphatic hydroxyl groups is 1. The predicted molar refractivity (Wildman–Crippen MR) is 79.6 cm³/mol. The van der Waals surface area contributed by atoms with Crippen LogP contribution in [0.15, 0.2) is 36.4 Å². The Labute approximate surface area is 127 Å². The molecule has 21 heavy (non-hydrogen) atoms. The summed E-state index contributed by atoms with van der Waals surface area (Å²) in [5.74, 6) is 0.705. The normalized spacial score (nSPS) is 12.0. The molecule has 1 N–H and O–H groups in total. The zero-order valence-electron chi connectivity index (χ0n) is 11.8. The number of hydrogen-bond donors (Lipinski definition) is 1. The SMILES string of the molecule is COc1cc(OC)cc(C(O)Cc2ccc(Cl)cc2F)c1. The highest BCUT2D eigenvalue weighted by Crippen LogP contribution is 2.29. The van der Waals surface area contributed by atoms with Gasteiger partial charge in [0.1, 0.15) is 17.3 Å². The lowest BCUT2D eigenvalue weighted by Gasteiger charge is -2.14. The molecule has 0 bridgehead atoms. The van der Waals surface area contributed by atoms with E-state index in [2.05, 4.69) is 0 Å². The van der Waals surface area contributed by atoms with Crippen LogP contribution in [0.3, 0.4) is 0 Å². The summed E-state index contributed by atoms with van der Waals surface area (Å²) < 4.78 is 24.1. The second kappa shape index (κ2) is 6.78. The van der Waals surface area contributed by atoms with E-state index in [1.54, 1.807) is 30.3 Å². The first-order chi connectivity index (χ1) is 10.0. The highest BCUT2D eigenvalue weighted by Gasteiger charge is 2.14. The Balaban J connectivity index is 2.25. The molecule has 112 valence electrons. The molecule has 0 saturated carbocycles. The van der Waals surface area contributed by atoms with Crippen molar-refractivity contribution in [3.8, 4) is 11.5 Å². The van der Waals surface area contributed by atoms with Gasteiger partial charge in [-0.05, 0) is 35.4 Å². The number of ether oxygens (including phenoxy) is 2. The Morgan fingerprint density at radius 3 is 2.24 bits per heavy atom. The Hall–Kier alpha value is -1.78. The smallest absolute Gasteiger partial charge is 0.127 e. The summed E-state index contributed by atoms with van der Waals surface area (Å²) in [7, 11) is 3.06. The molecule has 0 aliphatic heterocycles. The van der Waals surface area contributed by atoms with Crippen LogP contribution in [0.5, 0.6) is 11.5 Å². The van der Waals surface area contributed by atoms with Crippen molar-refractivity contribution in [3.63, 3.8) is 0 Å². The van der Waals surface area contributed by atoms with Gasteiger partial charge in [-0.15, -0.1) is 0 Å². The standard InChI is InChI=1S/C16H16ClFO3/c1-20-13-5-11(6-14(9-13)21-2)16(19)7-10-3-4-12(17)8-15(10)18/h3-6,8-9,16,19H,7H2,1-2H3. The first-order valence-electron chi connectivity index (χ1n) is 6.38. The molecule has 0 aromatic heterocycles. The average Bonchev–Trinajstić information content (AvgIpc) is 2.49. The second-order valence-corrected chi connectivity index (χ2v) is 5.04. The van der Waals surface area contributed by atoms with Gasteiger partial charge in [-0.3, -0.25) is 0 Å². The zero-order chi connectivity index (χ0) is 15.4. The number of rotatable bonds is 5. The Bertz CT molecular complexity index is 609. The van der Waals surface area contributed by atoms with Gasteiger partial charge in [0.15, 0.2) is 0 Å². The van der Waals surface area contributed by atoms with E-state index >= 15 is 0 Å². The third-order valence-electron chi connectivity index (χ3n) is 3.19. The minimum atomic E-state index is -0.871. The van der Waals surface area contributed by atoms with Crippen molar-refractivity contribution in [2.24, 2.45) is 0 Å². The van der Waals surface area contributed by atoms with Gasteiger partial charge in [-0.2, -0.15) is 0 Å². The molecule has 2 aromatic carbocycles. The van der Waals surface area contributed by atoms with Crippen molar-refractivity contribution in [1.82, 2.24) is 0 Å². The minimum absolute atomic E-state index is 0.138. The van der Waals surface area contributed by atoms with Crippen molar-refractivity contribution in [3.05, 3.63) is 58.4 Å². The van der Waals surface area contributed by atoms with Crippen LogP contribution in [0, 0.1) is 5.82 Å². The van der Waals surface area contributed by atoms with Crippen LogP contribution >= 0.6 is 11.6 Å². The second-order valence-electron chi connectivity index (χ2n) is 4.60. The fourth-order valence-corrected chi connectivity index (χ4v) is 2.19. The van der Waals surface area contributed by atoms with Gasteiger partial charge in [0.25, 0.3) is 0 Å². The quantitative estimate of drug-likeness (QED) is 0.913. The topological polar surface area (TPSA) is 38.7 Å². The first kappa shape index (κ1) is 15.6. The number of benzene rings is 2. The molecule has 0 spiro atoms. The van der Waals surface area contributed by atoms with Gasteiger partial charge in [-0.1, -0.05) is 17.7 Å². The maximum atomic E-state index is 13.8. The molecule has 0 aliphatic rings. The average molecular weight is 311 g/mol. The molecule has 5 heteroatoms. The fourth-order valence-electron chi connectivity index (χ4n) is 2.04. The largest absolute Gasteiger partial charge is 0.497 e. The predicted octanol–water partition coefficient (Wildman–Crippen LogP) is 3.77. The third-order valence-corrected chi connectivity index (χ3v) is 3.42. The summed E-state index contributed by atoms with van der Waals surface area (Å²) in [4.78, 5) is 0. The molecule has 2 aromatic rings. The molecule has 0 aliphatic carbocycles. The summed E-state index contributed by atoms with van der Waals surface area (Å²) >= 11 is 5.71. The zero-order valence-corrected chi connectivity index (χ0v) is 12.5. The van der Waals surface area contributed by atoms with Crippen LogP contribution in [0.2, 0.25) is 5.02 Å². The van der Waals surface area contributed by atoms with E-state index < -0.39 is 11.9 Å². The Morgan fingerprint density at radius 1 is 1.10 bits per heavy atom. The highest BCUT2D eigenvalue weighted by atomic mass is 35.5. The molecular weight excluding hydrogens is 295 g/mol. The maximum absolute atomic E-state index is 13.8. The highest BCUT2D eigenvalue weighted by molar-refractivity contribution is 6.30. The molecule has 3 nitrogen and oxygen atoms in total. The Kier molecular flexibility index (Phi) is 5.04. The lowest BCUT2D eigenvalue weighted by molar-refractivity contribution is 0.176. The van der Waals surface area contributed by atoms with Crippen LogP contribution in [0.1, 0.15) is 17.2 Å². The van der Waals surface area contributed by atoms with Crippen LogP contribution in [0.25, 0.3) is 0 Å². The molecule has 0 saturated heterocycles. The van der Waals surface area contributed by atoms with Crippen LogP contribution in [-0.2, 0) is 6.42 Å². The van der Waals surface area contributed by atoms with Gasteiger partial charge in [0, 0.05) is 17.5 Å². The number of hydrogen-bond acceptors (Lipinski definition) is 3. The van der Waals surface area contributed by atoms with E-state index in [0.29, 0.717) is 27.6 Å². The lowest BCUT2D eigenvalue weighted by atomic mass is 10.0. The van der Waals surface area contributed by atoms with E-state index in [4.69, 9.17) is 21.1 Å². The molecule has 2 rings (SSSR count). The third kappa shape index (κ3) is 3.86. The first-order valence-corrected chi connectivity index (χ1v) is 6.76. The Morgan fingerprint density at radius 2 is 1.71 bits per heavy atom. The van der Waals surface area contributed by atoms with E-state index in [-0.39, 0.29) is 6.42 Å². The van der Waals surface area contributed by atoms with E-state index in [1.165, 1.54) is 20.3 Å². The van der Waals surface area contributed by atoms with E-state index in [1.807, 2.05) is 0 Å². The molecule has 0 heterocycles. The van der Waals surface area contributed by atoms with Crippen LogP contribution in [-0.4, -0.2) is 19.3 Å². The molecule has 0 amide bonds. The van der Waals surface area contributed by atoms with Gasteiger partial charge in [-0.25, -0.2) is 4.39 Å². The van der Waals surface area contributed by atoms with E-state index in [0.717, 1.165) is 0 Å². The van der Waals surface area contributed by atoms with Gasteiger partial charge < -0.3 is 14.6 Å². The number of methoxy groups -OCH3 is 2. The van der Waals surface area contributed by atoms with Crippen molar-refractivity contribution in [2.45, 2.75) is 12.5 Å². The van der Waals surface area contributed by atoms with E-state index in [9.17, 15) is 9.50 Å². The molecule has 1 atom stereocenters.